The van der Waals surface area contributed by atoms with Crippen LogP contribution >= 0.6 is 11.8 Å². The van der Waals surface area contributed by atoms with Crippen LogP contribution in [0.25, 0.3) is 11.3 Å². The molecule has 1 aromatic heterocycles. The van der Waals surface area contributed by atoms with Gasteiger partial charge in [-0.3, -0.25) is 19.2 Å². The van der Waals surface area contributed by atoms with Crippen molar-refractivity contribution in [2.75, 3.05) is 12.9 Å². The number of ketones is 1. The first kappa shape index (κ1) is 30.5. The number of aromatic amines is 1. The topological polar surface area (TPSA) is 138 Å². The standard InChI is InChI=1S/C30H35N3O6S/c1-19(2)29(33-27(35)15-22-14-21(11-12-26(22)39-3)23-10-7-13-31-23)30(38)32-24(16-28(36)37)25(34)18-40-17-20-8-5-4-6-9-20/h4-14,19,24,29,31H,15-18H2,1-3H3,(H,32,38)(H,33,35)(H,36,37). The third-order valence-electron chi connectivity index (χ3n) is 6.25. The molecule has 2 amide bonds. The highest BCUT2D eigenvalue weighted by molar-refractivity contribution is 7.99. The number of rotatable bonds is 15. The Hall–Kier alpha value is -4.05. The van der Waals surface area contributed by atoms with Gasteiger partial charge in [-0.2, -0.15) is 0 Å². The van der Waals surface area contributed by atoms with Crippen LogP contribution in [0.5, 0.6) is 5.75 Å². The Morgan fingerprint density at radius 3 is 2.38 bits per heavy atom. The van der Waals surface area contributed by atoms with Gasteiger partial charge in [0.1, 0.15) is 11.8 Å². The average Bonchev–Trinajstić information content (AvgIpc) is 3.46. The first-order valence-corrected chi connectivity index (χ1v) is 14.1. The summed E-state index contributed by atoms with van der Waals surface area (Å²) in [5, 5.41) is 14.7. The van der Waals surface area contributed by atoms with E-state index in [4.69, 9.17) is 4.74 Å². The summed E-state index contributed by atoms with van der Waals surface area (Å²) in [5.41, 5.74) is 3.45. The lowest BCUT2D eigenvalue weighted by Gasteiger charge is -2.25. The minimum Gasteiger partial charge on any atom is -0.496 e. The normalized spacial score (nSPS) is 12.4. The van der Waals surface area contributed by atoms with Crippen molar-refractivity contribution in [3.63, 3.8) is 0 Å². The molecule has 0 aliphatic heterocycles. The van der Waals surface area contributed by atoms with Crippen LogP contribution in [0.1, 0.15) is 31.4 Å². The number of hydrogen-bond donors (Lipinski definition) is 4. The molecule has 0 spiro atoms. The molecule has 4 N–H and O–H groups in total. The van der Waals surface area contributed by atoms with Crippen molar-refractivity contribution in [1.82, 2.24) is 15.6 Å². The number of amides is 2. The number of nitrogens with one attached hydrogen (secondary N) is 3. The summed E-state index contributed by atoms with van der Waals surface area (Å²) in [6.45, 7) is 3.53. The van der Waals surface area contributed by atoms with Crippen LogP contribution in [0.4, 0.5) is 0 Å². The number of carbonyl (C=O) groups excluding carboxylic acids is 3. The maximum absolute atomic E-state index is 13.2. The fourth-order valence-electron chi connectivity index (χ4n) is 4.15. The van der Waals surface area contributed by atoms with Crippen LogP contribution in [0.3, 0.4) is 0 Å². The van der Waals surface area contributed by atoms with Crippen LogP contribution < -0.4 is 15.4 Å². The monoisotopic (exact) mass is 565 g/mol. The predicted molar refractivity (Wildman–Crippen MR) is 155 cm³/mol. The average molecular weight is 566 g/mol. The summed E-state index contributed by atoms with van der Waals surface area (Å²) in [5.74, 6) is -1.76. The molecule has 0 saturated heterocycles. The Morgan fingerprint density at radius 2 is 1.75 bits per heavy atom. The van der Waals surface area contributed by atoms with Gasteiger partial charge < -0.3 is 25.5 Å². The Bertz CT molecular complexity index is 1290. The van der Waals surface area contributed by atoms with Crippen LogP contribution in [0.2, 0.25) is 0 Å². The number of H-pyrrole nitrogens is 1. The molecular weight excluding hydrogens is 530 g/mol. The van der Waals surface area contributed by atoms with E-state index in [1.165, 1.54) is 18.9 Å². The number of hydrogen-bond acceptors (Lipinski definition) is 6. The Kier molecular flexibility index (Phi) is 11.4. The predicted octanol–water partition coefficient (Wildman–Crippen LogP) is 3.84. The Morgan fingerprint density at radius 1 is 1.00 bits per heavy atom. The first-order valence-electron chi connectivity index (χ1n) is 12.9. The van der Waals surface area contributed by atoms with E-state index >= 15 is 0 Å². The van der Waals surface area contributed by atoms with Gasteiger partial charge in [0.05, 0.1) is 31.7 Å². The lowest BCUT2D eigenvalue weighted by Crippen LogP contribution is -2.54. The highest BCUT2D eigenvalue weighted by atomic mass is 32.2. The highest BCUT2D eigenvalue weighted by Gasteiger charge is 2.30. The number of carboxylic acids is 1. The van der Waals surface area contributed by atoms with Gasteiger partial charge in [0, 0.05) is 23.2 Å². The van der Waals surface area contributed by atoms with Gasteiger partial charge in [0.2, 0.25) is 11.8 Å². The molecule has 3 aromatic rings. The van der Waals surface area contributed by atoms with Gasteiger partial charge in [-0.1, -0.05) is 44.2 Å². The third-order valence-corrected chi connectivity index (χ3v) is 7.27. The number of carboxylic acid groups (broad SMARTS) is 1. The fourth-order valence-corrected chi connectivity index (χ4v) is 5.08. The van der Waals surface area contributed by atoms with Gasteiger partial charge in [0.25, 0.3) is 0 Å². The van der Waals surface area contributed by atoms with Crippen molar-refractivity contribution >= 4 is 35.3 Å². The number of aliphatic carboxylic acids is 1. The molecule has 2 aromatic carbocycles. The molecular formula is C30H35N3O6S. The number of methoxy groups -OCH3 is 1. The molecule has 0 radical (unpaired) electrons. The highest BCUT2D eigenvalue weighted by Crippen LogP contribution is 2.26. The van der Waals surface area contributed by atoms with Gasteiger partial charge >= 0.3 is 5.97 Å². The van der Waals surface area contributed by atoms with Crippen LogP contribution in [-0.2, 0) is 31.4 Å². The molecule has 9 nitrogen and oxygen atoms in total. The van der Waals surface area contributed by atoms with Crippen LogP contribution in [-0.4, -0.2) is 58.6 Å². The summed E-state index contributed by atoms with van der Waals surface area (Å²) in [4.78, 5) is 53.7. The summed E-state index contributed by atoms with van der Waals surface area (Å²) in [6.07, 6.45) is 1.22. The number of aromatic nitrogens is 1. The molecule has 0 bridgehead atoms. The summed E-state index contributed by atoms with van der Waals surface area (Å²) in [6, 6.07) is 16.7. The van der Waals surface area contributed by atoms with Crippen LogP contribution in [0.15, 0.2) is 66.9 Å². The molecule has 10 heteroatoms. The minimum atomic E-state index is -1.20. The van der Waals surface area contributed by atoms with E-state index in [1.807, 2.05) is 60.8 Å². The molecule has 40 heavy (non-hydrogen) atoms. The maximum Gasteiger partial charge on any atom is 0.305 e. The van der Waals surface area contributed by atoms with E-state index in [0.717, 1.165) is 16.8 Å². The van der Waals surface area contributed by atoms with E-state index in [0.29, 0.717) is 17.1 Å². The largest absolute Gasteiger partial charge is 0.496 e. The van der Waals surface area contributed by atoms with E-state index in [2.05, 4.69) is 15.6 Å². The maximum atomic E-state index is 13.2. The van der Waals surface area contributed by atoms with Crippen molar-refractivity contribution in [2.24, 2.45) is 5.92 Å². The van der Waals surface area contributed by atoms with Crippen LogP contribution in [0, 0.1) is 5.92 Å². The van der Waals surface area contributed by atoms with Crippen molar-refractivity contribution < 1.29 is 29.0 Å². The van der Waals surface area contributed by atoms with Crippen molar-refractivity contribution in [2.45, 2.75) is 44.5 Å². The molecule has 3 rings (SSSR count). The van der Waals surface area contributed by atoms with E-state index in [-0.39, 0.29) is 18.1 Å². The Balaban J connectivity index is 1.65. The second-order valence-corrected chi connectivity index (χ2v) is 10.7. The third kappa shape index (κ3) is 9.01. The van der Waals surface area contributed by atoms with E-state index in [9.17, 15) is 24.3 Å². The zero-order chi connectivity index (χ0) is 29.1. The second kappa shape index (κ2) is 14.9. The van der Waals surface area contributed by atoms with E-state index in [1.54, 1.807) is 19.9 Å². The lowest BCUT2D eigenvalue weighted by atomic mass is 10.0. The SMILES string of the molecule is COc1ccc(-c2ccc[nH]2)cc1CC(=O)NC(C(=O)NC(CC(=O)O)C(=O)CSCc1ccccc1)C(C)C. The van der Waals surface area contributed by atoms with Gasteiger partial charge in [0.15, 0.2) is 5.78 Å². The number of thioether (sulfide) groups is 1. The number of ether oxygens (including phenoxy) is 1. The number of benzene rings is 2. The smallest absolute Gasteiger partial charge is 0.305 e. The number of carbonyl (C=O) groups is 4. The quantitative estimate of drug-likeness (QED) is 0.220. The Labute approximate surface area is 238 Å². The van der Waals surface area contributed by atoms with Gasteiger partial charge in [-0.05, 0) is 47.4 Å². The summed E-state index contributed by atoms with van der Waals surface area (Å²) < 4.78 is 5.43. The lowest BCUT2D eigenvalue weighted by molar-refractivity contribution is -0.140. The van der Waals surface area contributed by atoms with Crippen molar-refractivity contribution in [1.29, 1.82) is 0 Å². The van der Waals surface area contributed by atoms with Crippen molar-refractivity contribution in [3.8, 4) is 17.0 Å². The zero-order valence-electron chi connectivity index (χ0n) is 22.8. The molecule has 212 valence electrons. The number of Topliss-reactive ketones (excluding diaryl/α,β-unsaturated/α-hetero) is 1. The molecule has 0 saturated carbocycles. The fraction of sp³-hybridized carbons (Fsp3) is 0.333. The van der Waals surface area contributed by atoms with E-state index < -0.39 is 42.1 Å². The second-order valence-electron chi connectivity index (χ2n) is 9.68. The molecule has 2 unspecified atom stereocenters. The zero-order valence-corrected chi connectivity index (χ0v) is 23.6. The summed E-state index contributed by atoms with van der Waals surface area (Å²) in [7, 11) is 1.52. The molecule has 2 atom stereocenters. The van der Waals surface area contributed by atoms with Gasteiger partial charge in [-0.25, -0.2) is 0 Å². The first-order chi connectivity index (χ1) is 19.2. The van der Waals surface area contributed by atoms with Crippen molar-refractivity contribution in [3.05, 3.63) is 78.0 Å². The molecule has 1 heterocycles. The minimum absolute atomic E-state index is 0.0398. The molecule has 0 fully saturated rings. The molecule has 0 aliphatic rings. The summed E-state index contributed by atoms with van der Waals surface area (Å²) >= 11 is 1.35. The molecule has 0 aliphatic carbocycles. The van der Waals surface area contributed by atoms with Gasteiger partial charge in [-0.15, -0.1) is 11.8 Å².